The minimum Gasteiger partial charge on any atom is -0.497 e. The number of carbonyl (C=O) groups is 1. The molecule has 0 spiro atoms. The van der Waals surface area contributed by atoms with Crippen molar-refractivity contribution in [2.45, 2.75) is 32.7 Å². The third kappa shape index (κ3) is 5.31. The maximum atomic E-state index is 12.6. The fourth-order valence-electron chi connectivity index (χ4n) is 2.92. The number of rotatable bonds is 6. The lowest BCUT2D eigenvalue weighted by Crippen LogP contribution is -2.19. The zero-order valence-electron chi connectivity index (χ0n) is 17.2. The Bertz CT molecular complexity index is 961. The van der Waals surface area contributed by atoms with Crippen LogP contribution in [0.1, 0.15) is 42.4 Å². The van der Waals surface area contributed by atoms with Crippen LogP contribution in [0.4, 0.5) is 11.5 Å². The fraction of sp³-hybridized carbons (Fsp3) is 0.261. The van der Waals surface area contributed by atoms with Gasteiger partial charge in [-0.25, -0.2) is 0 Å². The largest absolute Gasteiger partial charge is 0.497 e. The minimum absolute atomic E-state index is 0.0786. The van der Waals surface area contributed by atoms with Gasteiger partial charge in [0.1, 0.15) is 11.6 Å². The van der Waals surface area contributed by atoms with E-state index in [1.54, 1.807) is 19.2 Å². The van der Waals surface area contributed by atoms with E-state index in [0.717, 1.165) is 22.6 Å². The van der Waals surface area contributed by atoms with E-state index in [9.17, 15) is 4.79 Å². The fourth-order valence-corrected chi connectivity index (χ4v) is 2.92. The van der Waals surface area contributed by atoms with Crippen LogP contribution >= 0.6 is 0 Å². The second-order valence-electron chi connectivity index (χ2n) is 7.76. The van der Waals surface area contributed by atoms with Gasteiger partial charge in [0.05, 0.1) is 7.11 Å². The van der Waals surface area contributed by atoms with Crippen LogP contribution in [0, 0.1) is 0 Å². The Balaban J connectivity index is 1.63. The smallest absolute Gasteiger partial charge is 0.276 e. The average molecular weight is 390 g/mol. The monoisotopic (exact) mass is 390 g/mol. The number of carbonyl (C=O) groups excluding carboxylic acids is 1. The SMILES string of the molecule is COc1ccc(CNc2ccc(C(=O)Nc3ccccc3C(C)(C)C)nn2)cc1. The molecule has 0 bridgehead atoms. The van der Waals surface area contributed by atoms with Crippen LogP contribution < -0.4 is 15.4 Å². The lowest BCUT2D eigenvalue weighted by Gasteiger charge is -2.22. The van der Waals surface area contributed by atoms with Crippen molar-refractivity contribution in [3.8, 4) is 5.75 Å². The number of ether oxygens (including phenoxy) is 1. The first kappa shape index (κ1) is 20.3. The highest BCUT2D eigenvalue weighted by molar-refractivity contribution is 6.03. The van der Waals surface area contributed by atoms with Crippen LogP contribution in [0.25, 0.3) is 0 Å². The maximum absolute atomic E-state index is 12.6. The normalized spacial score (nSPS) is 11.0. The maximum Gasteiger partial charge on any atom is 0.276 e. The number of hydrogen-bond donors (Lipinski definition) is 2. The molecule has 150 valence electrons. The standard InChI is InChI=1S/C23H26N4O2/c1-23(2,3)18-7-5-6-8-19(18)25-22(28)20-13-14-21(27-26-20)24-15-16-9-11-17(29-4)12-10-16/h5-14H,15H2,1-4H3,(H,24,27)(H,25,28). The molecule has 1 amide bonds. The minimum atomic E-state index is -0.282. The highest BCUT2D eigenvalue weighted by atomic mass is 16.5. The second kappa shape index (κ2) is 8.73. The Hall–Kier alpha value is -3.41. The summed E-state index contributed by atoms with van der Waals surface area (Å²) < 4.78 is 5.16. The van der Waals surface area contributed by atoms with E-state index in [1.807, 2.05) is 48.5 Å². The van der Waals surface area contributed by atoms with Gasteiger partial charge in [0.15, 0.2) is 5.69 Å². The predicted molar refractivity (Wildman–Crippen MR) is 115 cm³/mol. The predicted octanol–water partition coefficient (Wildman–Crippen LogP) is 4.65. The lowest BCUT2D eigenvalue weighted by molar-refractivity contribution is 0.102. The van der Waals surface area contributed by atoms with Crippen molar-refractivity contribution < 1.29 is 9.53 Å². The molecule has 0 aliphatic rings. The van der Waals surface area contributed by atoms with Gasteiger partial charge in [-0.1, -0.05) is 51.1 Å². The van der Waals surface area contributed by atoms with Crippen molar-refractivity contribution in [3.05, 3.63) is 77.5 Å². The third-order valence-electron chi connectivity index (χ3n) is 4.51. The van der Waals surface area contributed by atoms with Crippen molar-refractivity contribution in [3.63, 3.8) is 0 Å². The van der Waals surface area contributed by atoms with Crippen molar-refractivity contribution in [1.82, 2.24) is 10.2 Å². The molecule has 0 aliphatic heterocycles. The Morgan fingerprint density at radius 1 is 0.966 bits per heavy atom. The number of nitrogens with one attached hydrogen (secondary N) is 2. The molecule has 3 rings (SSSR count). The number of amides is 1. The van der Waals surface area contributed by atoms with E-state index in [-0.39, 0.29) is 17.0 Å². The van der Waals surface area contributed by atoms with Crippen LogP contribution in [0.3, 0.4) is 0 Å². The topological polar surface area (TPSA) is 76.1 Å². The molecule has 6 heteroatoms. The van der Waals surface area contributed by atoms with Crippen molar-refractivity contribution in [2.24, 2.45) is 0 Å². The van der Waals surface area contributed by atoms with E-state index in [2.05, 4.69) is 41.6 Å². The molecule has 0 radical (unpaired) electrons. The molecule has 0 saturated heterocycles. The van der Waals surface area contributed by atoms with Gasteiger partial charge in [-0.3, -0.25) is 4.79 Å². The van der Waals surface area contributed by atoms with Gasteiger partial charge in [0, 0.05) is 12.2 Å². The van der Waals surface area contributed by atoms with Crippen LogP contribution in [0.15, 0.2) is 60.7 Å². The van der Waals surface area contributed by atoms with Crippen LogP contribution in [0.5, 0.6) is 5.75 Å². The summed E-state index contributed by atoms with van der Waals surface area (Å²) in [6.45, 7) is 6.94. The molecule has 0 aliphatic carbocycles. The summed E-state index contributed by atoms with van der Waals surface area (Å²) in [6, 6.07) is 19.0. The number of anilines is 2. The number of benzene rings is 2. The van der Waals surface area contributed by atoms with Crippen molar-refractivity contribution in [1.29, 1.82) is 0 Å². The van der Waals surface area contributed by atoms with E-state index in [1.165, 1.54) is 0 Å². The molecule has 0 atom stereocenters. The van der Waals surface area contributed by atoms with Crippen LogP contribution in [-0.4, -0.2) is 23.2 Å². The summed E-state index contributed by atoms with van der Waals surface area (Å²) in [5, 5.41) is 14.3. The number of methoxy groups -OCH3 is 1. The summed E-state index contributed by atoms with van der Waals surface area (Å²) >= 11 is 0. The average Bonchev–Trinajstić information content (AvgIpc) is 2.72. The van der Waals surface area contributed by atoms with Gasteiger partial charge < -0.3 is 15.4 Å². The summed E-state index contributed by atoms with van der Waals surface area (Å²) in [7, 11) is 1.64. The summed E-state index contributed by atoms with van der Waals surface area (Å²) in [4.78, 5) is 12.6. The highest BCUT2D eigenvalue weighted by Gasteiger charge is 2.19. The zero-order chi connectivity index (χ0) is 20.9. The zero-order valence-corrected chi connectivity index (χ0v) is 17.2. The van der Waals surface area contributed by atoms with Gasteiger partial charge in [0.2, 0.25) is 0 Å². The van der Waals surface area contributed by atoms with Crippen molar-refractivity contribution in [2.75, 3.05) is 17.7 Å². The van der Waals surface area contributed by atoms with Crippen molar-refractivity contribution >= 4 is 17.4 Å². The molecule has 2 aromatic carbocycles. The Kier molecular flexibility index (Phi) is 6.12. The molecular weight excluding hydrogens is 364 g/mol. The van der Waals surface area contributed by atoms with Crippen LogP contribution in [0.2, 0.25) is 0 Å². The highest BCUT2D eigenvalue weighted by Crippen LogP contribution is 2.29. The molecule has 0 fully saturated rings. The first-order valence-electron chi connectivity index (χ1n) is 9.48. The Labute approximate surface area is 171 Å². The van der Waals surface area contributed by atoms with E-state index in [0.29, 0.717) is 12.4 Å². The van der Waals surface area contributed by atoms with Gasteiger partial charge in [-0.15, -0.1) is 10.2 Å². The first-order chi connectivity index (χ1) is 13.9. The van der Waals surface area contributed by atoms with E-state index in [4.69, 9.17) is 4.74 Å². The lowest BCUT2D eigenvalue weighted by atomic mass is 9.86. The summed E-state index contributed by atoms with van der Waals surface area (Å²) in [5.74, 6) is 1.14. The Morgan fingerprint density at radius 2 is 1.69 bits per heavy atom. The van der Waals surface area contributed by atoms with Gasteiger partial charge in [0.25, 0.3) is 5.91 Å². The third-order valence-corrected chi connectivity index (χ3v) is 4.51. The second-order valence-corrected chi connectivity index (χ2v) is 7.76. The summed E-state index contributed by atoms with van der Waals surface area (Å²) in [6.07, 6.45) is 0. The quantitative estimate of drug-likeness (QED) is 0.641. The number of aromatic nitrogens is 2. The molecule has 29 heavy (non-hydrogen) atoms. The van der Waals surface area contributed by atoms with Gasteiger partial charge in [-0.05, 0) is 46.9 Å². The summed E-state index contributed by atoms with van der Waals surface area (Å²) in [5.41, 5.74) is 3.13. The first-order valence-corrected chi connectivity index (χ1v) is 9.48. The number of para-hydroxylation sites is 1. The van der Waals surface area contributed by atoms with E-state index < -0.39 is 0 Å². The van der Waals surface area contributed by atoms with E-state index >= 15 is 0 Å². The molecule has 0 saturated carbocycles. The molecule has 2 N–H and O–H groups in total. The molecule has 1 aromatic heterocycles. The van der Waals surface area contributed by atoms with Gasteiger partial charge >= 0.3 is 0 Å². The molecule has 0 unspecified atom stereocenters. The molecule has 1 heterocycles. The molecular formula is C23H26N4O2. The molecule has 6 nitrogen and oxygen atoms in total. The Morgan fingerprint density at radius 3 is 2.31 bits per heavy atom. The molecule has 3 aromatic rings. The number of nitrogens with zero attached hydrogens (tertiary/aromatic N) is 2. The van der Waals surface area contributed by atoms with Crippen LogP contribution in [-0.2, 0) is 12.0 Å². The number of hydrogen-bond acceptors (Lipinski definition) is 5. The van der Waals surface area contributed by atoms with Gasteiger partial charge in [-0.2, -0.15) is 0 Å².